The standard InChI is InChI=1S/C15H18N2S/c1-16-15-8-7-14(18-15)12-5-6-13-11(10-12)4-3-9-17(13)2/h5-8,10,16H,3-4,9H2,1-2H3. The summed E-state index contributed by atoms with van der Waals surface area (Å²) in [5.74, 6) is 0. The van der Waals surface area contributed by atoms with Crippen LogP contribution in [-0.2, 0) is 6.42 Å². The molecule has 0 atom stereocenters. The van der Waals surface area contributed by atoms with E-state index in [9.17, 15) is 0 Å². The summed E-state index contributed by atoms with van der Waals surface area (Å²) < 4.78 is 0. The van der Waals surface area contributed by atoms with E-state index in [0.717, 1.165) is 0 Å². The molecule has 0 radical (unpaired) electrons. The third kappa shape index (κ3) is 1.99. The minimum absolute atomic E-state index is 1.18. The third-order valence-corrected chi connectivity index (χ3v) is 4.72. The largest absolute Gasteiger partial charge is 0.380 e. The Balaban J connectivity index is 1.99. The number of nitrogens with zero attached hydrogens (tertiary/aromatic N) is 1. The average Bonchev–Trinajstić information content (AvgIpc) is 2.87. The first-order valence-electron chi connectivity index (χ1n) is 6.40. The van der Waals surface area contributed by atoms with Crippen molar-refractivity contribution in [3.63, 3.8) is 0 Å². The number of hydrogen-bond acceptors (Lipinski definition) is 3. The molecule has 1 aromatic carbocycles. The first-order chi connectivity index (χ1) is 8.78. The first kappa shape index (κ1) is 11.6. The Hall–Kier alpha value is -1.48. The summed E-state index contributed by atoms with van der Waals surface area (Å²) in [6.45, 7) is 1.18. The molecule has 2 heterocycles. The lowest BCUT2D eigenvalue weighted by Gasteiger charge is -2.27. The molecule has 0 bridgehead atoms. The lowest BCUT2D eigenvalue weighted by atomic mass is 9.99. The topological polar surface area (TPSA) is 15.3 Å². The Morgan fingerprint density at radius 1 is 1.22 bits per heavy atom. The molecular weight excluding hydrogens is 240 g/mol. The first-order valence-corrected chi connectivity index (χ1v) is 7.21. The average molecular weight is 258 g/mol. The molecule has 0 amide bonds. The predicted octanol–water partition coefficient (Wildman–Crippen LogP) is 3.84. The van der Waals surface area contributed by atoms with E-state index < -0.39 is 0 Å². The molecule has 2 aromatic rings. The Labute approximate surface area is 112 Å². The Kier molecular flexibility index (Phi) is 3.00. The van der Waals surface area contributed by atoms with Gasteiger partial charge in [0.25, 0.3) is 0 Å². The van der Waals surface area contributed by atoms with Crippen LogP contribution in [0.5, 0.6) is 0 Å². The molecule has 0 saturated heterocycles. The molecule has 3 heteroatoms. The zero-order chi connectivity index (χ0) is 12.5. The molecule has 1 N–H and O–H groups in total. The van der Waals surface area contributed by atoms with E-state index in [1.165, 1.54) is 46.1 Å². The number of nitrogens with one attached hydrogen (secondary N) is 1. The van der Waals surface area contributed by atoms with Crippen LogP contribution in [0.4, 0.5) is 10.7 Å². The van der Waals surface area contributed by atoms with Crippen molar-refractivity contribution in [3.8, 4) is 10.4 Å². The van der Waals surface area contributed by atoms with E-state index in [2.05, 4.69) is 47.6 Å². The van der Waals surface area contributed by atoms with Crippen molar-refractivity contribution in [2.75, 3.05) is 30.9 Å². The summed E-state index contributed by atoms with van der Waals surface area (Å²) in [6, 6.07) is 11.2. The van der Waals surface area contributed by atoms with E-state index in [4.69, 9.17) is 0 Å². The van der Waals surface area contributed by atoms with Gasteiger partial charge in [-0.05, 0) is 48.2 Å². The quantitative estimate of drug-likeness (QED) is 0.880. The Morgan fingerprint density at radius 2 is 2.11 bits per heavy atom. The molecule has 1 aromatic heterocycles. The lowest BCUT2D eigenvalue weighted by molar-refractivity contribution is 0.745. The second kappa shape index (κ2) is 4.65. The van der Waals surface area contributed by atoms with Crippen LogP contribution in [0.1, 0.15) is 12.0 Å². The molecule has 1 aliphatic heterocycles. The van der Waals surface area contributed by atoms with Crippen molar-refractivity contribution in [1.82, 2.24) is 0 Å². The highest BCUT2D eigenvalue weighted by molar-refractivity contribution is 7.19. The van der Waals surface area contributed by atoms with Crippen LogP contribution in [0.2, 0.25) is 0 Å². The maximum Gasteiger partial charge on any atom is 0.0886 e. The van der Waals surface area contributed by atoms with Crippen LogP contribution in [0.25, 0.3) is 10.4 Å². The zero-order valence-electron chi connectivity index (χ0n) is 10.9. The summed E-state index contributed by atoms with van der Waals surface area (Å²) in [6.07, 6.45) is 2.47. The zero-order valence-corrected chi connectivity index (χ0v) is 11.7. The summed E-state index contributed by atoms with van der Waals surface area (Å²) in [7, 11) is 4.15. The normalized spacial score (nSPS) is 14.4. The molecule has 2 nitrogen and oxygen atoms in total. The highest BCUT2D eigenvalue weighted by Gasteiger charge is 2.14. The van der Waals surface area contributed by atoms with Crippen LogP contribution in [0.3, 0.4) is 0 Å². The van der Waals surface area contributed by atoms with Crippen molar-refractivity contribution in [2.24, 2.45) is 0 Å². The number of benzene rings is 1. The molecular formula is C15H18N2S. The number of rotatable bonds is 2. The lowest BCUT2D eigenvalue weighted by Crippen LogP contribution is -2.24. The van der Waals surface area contributed by atoms with E-state index in [-0.39, 0.29) is 0 Å². The van der Waals surface area contributed by atoms with Gasteiger partial charge < -0.3 is 10.2 Å². The van der Waals surface area contributed by atoms with Gasteiger partial charge in [-0.3, -0.25) is 0 Å². The molecule has 18 heavy (non-hydrogen) atoms. The van der Waals surface area contributed by atoms with Gasteiger partial charge in [-0.25, -0.2) is 0 Å². The van der Waals surface area contributed by atoms with Gasteiger partial charge in [0.05, 0.1) is 5.00 Å². The van der Waals surface area contributed by atoms with Gasteiger partial charge in [0, 0.05) is 31.2 Å². The van der Waals surface area contributed by atoms with Crippen LogP contribution in [-0.4, -0.2) is 20.6 Å². The number of thiophene rings is 1. The van der Waals surface area contributed by atoms with Gasteiger partial charge in [-0.1, -0.05) is 6.07 Å². The summed E-state index contributed by atoms with van der Waals surface area (Å²) in [5.41, 5.74) is 4.23. The third-order valence-electron chi connectivity index (χ3n) is 3.57. The van der Waals surface area contributed by atoms with E-state index in [1.54, 1.807) is 0 Å². The fraction of sp³-hybridized carbons (Fsp3) is 0.333. The van der Waals surface area contributed by atoms with E-state index in [1.807, 2.05) is 18.4 Å². The fourth-order valence-corrected chi connectivity index (χ4v) is 3.42. The fourth-order valence-electron chi connectivity index (χ4n) is 2.57. The SMILES string of the molecule is CNc1ccc(-c2ccc3c(c2)CCCN3C)s1. The van der Waals surface area contributed by atoms with Crippen LogP contribution >= 0.6 is 11.3 Å². The van der Waals surface area contributed by atoms with Crippen molar-refractivity contribution in [1.29, 1.82) is 0 Å². The molecule has 0 saturated carbocycles. The number of anilines is 2. The van der Waals surface area contributed by atoms with Gasteiger partial charge in [0.1, 0.15) is 0 Å². The minimum Gasteiger partial charge on any atom is -0.380 e. The van der Waals surface area contributed by atoms with E-state index >= 15 is 0 Å². The highest BCUT2D eigenvalue weighted by Crippen LogP contribution is 2.35. The van der Waals surface area contributed by atoms with Gasteiger partial charge in [-0.15, -0.1) is 11.3 Å². The second-order valence-electron chi connectivity index (χ2n) is 4.78. The monoisotopic (exact) mass is 258 g/mol. The maximum absolute atomic E-state index is 3.20. The van der Waals surface area contributed by atoms with Gasteiger partial charge in [0.2, 0.25) is 0 Å². The molecule has 0 spiro atoms. The minimum atomic E-state index is 1.18. The summed E-state index contributed by atoms with van der Waals surface area (Å²) >= 11 is 1.81. The number of aryl methyl sites for hydroxylation is 1. The van der Waals surface area contributed by atoms with Crippen LogP contribution in [0.15, 0.2) is 30.3 Å². The smallest absolute Gasteiger partial charge is 0.0886 e. The second-order valence-corrected chi connectivity index (χ2v) is 5.87. The van der Waals surface area contributed by atoms with E-state index in [0.29, 0.717) is 0 Å². The van der Waals surface area contributed by atoms with Gasteiger partial charge >= 0.3 is 0 Å². The van der Waals surface area contributed by atoms with Gasteiger partial charge in [-0.2, -0.15) is 0 Å². The molecule has 0 aliphatic carbocycles. The van der Waals surface area contributed by atoms with Crippen molar-refractivity contribution < 1.29 is 0 Å². The molecule has 0 unspecified atom stereocenters. The Morgan fingerprint density at radius 3 is 2.89 bits per heavy atom. The maximum atomic E-state index is 3.20. The number of fused-ring (bicyclic) bond motifs is 1. The highest BCUT2D eigenvalue weighted by atomic mass is 32.1. The summed E-state index contributed by atoms with van der Waals surface area (Å²) in [4.78, 5) is 3.70. The molecule has 1 aliphatic rings. The molecule has 0 fully saturated rings. The molecule has 3 rings (SSSR count). The van der Waals surface area contributed by atoms with Crippen molar-refractivity contribution in [2.45, 2.75) is 12.8 Å². The van der Waals surface area contributed by atoms with Crippen LogP contribution in [0, 0.1) is 0 Å². The van der Waals surface area contributed by atoms with Crippen LogP contribution < -0.4 is 10.2 Å². The number of hydrogen-bond donors (Lipinski definition) is 1. The predicted molar refractivity (Wildman–Crippen MR) is 80.9 cm³/mol. The molecule has 94 valence electrons. The van der Waals surface area contributed by atoms with Gasteiger partial charge in [0.15, 0.2) is 0 Å². The summed E-state index contributed by atoms with van der Waals surface area (Å²) in [5, 5.41) is 4.42. The van der Waals surface area contributed by atoms with Crippen molar-refractivity contribution >= 4 is 22.0 Å². The Bertz CT molecular complexity index is 559. The van der Waals surface area contributed by atoms with Crippen molar-refractivity contribution in [3.05, 3.63) is 35.9 Å².